The van der Waals surface area contributed by atoms with Crippen molar-refractivity contribution in [2.45, 2.75) is 58.2 Å². The fraction of sp³-hybridized carbons (Fsp3) is 0.500. The van der Waals surface area contributed by atoms with Gasteiger partial charge in [0.25, 0.3) is 5.91 Å². The number of amides is 3. The second-order valence-electron chi connectivity index (χ2n) is 10.6. The number of anilines is 1. The molecule has 0 unspecified atom stereocenters. The van der Waals surface area contributed by atoms with Gasteiger partial charge in [-0.2, -0.15) is 5.21 Å². The molecule has 1 saturated heterocycles. The number of nitrogens with one attached hydrogen (secondary N) is 3. The Hall–Kier alpha value is -3.23. The Morgan fingerprint density at radius 1 is 1.27 bits per heavy atom. The molecule has 3 amide bonds. The van der Waals surface area contributed by atoms with Crippen molar-refractivity contribution in [3.8, 4) is 0 Å². The molecule has 1 aliphatic heterocycles. The molecule has 0 radical (unpaired) electrons. The summed E-state index contributed by atoms with van der Waals surface area (Å²) in [5.41, 5.74) is 5.58. The van der Waals surface area contributed by atoms with Gasteiger partial charge >= 0.3 is 0 Å². The summed E-state index contributed by atoms with van der Waals surface area (Å²) in [7, 11) is -3.73. The molecule has 3 atom stereocenters. The molecule has 5 N–H and O–H groups in total. The summed E-state index contributed by atoms with van der Waals surface area (Å²) in [6.07, 6.45) is 3.05. The predicted molar refractivity (Wildman–Crippen MR) is 150 cm³/mol. The van der Waals surface area contributed by atoms with Crippen LogP contribution < -0.4 is 16.4 Å². The highest BCUT2D eigenvalue weighted by atomic mass is 35.5. The lowest BCUT2D eigenvalue weighted by Crippen LogP contribution is -2.58. The van der Waals surface area contributed by atoms with Crippen LogP contribution in [0.4, 0.5) is 5.69 Å². The molecule has 2 aromatic rings. The van der Waals surface area contributed by atoms with Crippen LogP contribution >= 0.6 is 23.2 Å². The van der Waals surface area contributed by atoms with Crippen LogP contribution in [0.2, 0.25) is 5.02 Å². The molecular weight excluding hydrogens is 583 g/mol. The van der Waals surface area contributed by atoms with Gasteiger partial charge in [-0.15, -0.1) is 10.2 Å². The molecule has 0 saturated carbocycles. The molecule has 16 heteroatoms. The van der Waals surface area contributed by atoms with Gasteiger partial charge in [0.05, 0.1) is 16.8 Å². The predicted octanol–water partition coefficient (Wildman–Crippen LogP) is 1.42. The first kappa shape index (κ1) is 31.3. The number of halogens is 2. The Kier molecular flexibility index (Phi) is 9.80. The maximum Gasteiger partial charge on any atom is 0.252 e. The highest BCUT2D eigenvalue weighted by Gasteiger charge is 2.42. The molecule has 40 heavy (non-hydrogen) atoms. The van der Waals surface area contributed by atoms with Crippen LogP contribution in [0.15, 0.2) is 28.6 Å². The van der Waals surface area contributed by atoms with E-state index in [4.69, 9.17) is 28.9 Å². The van der Waals surface area contributed by atoms with Crippen LogP contribution in [-0.2, 0) is 25.8 Å². The van der Waals surface area contributed by atoms with Gasteiger partial charge in [0.2, 0.25) is 11.8 Å². The van der Waals surface area contributed by atoms with Crippen LogP contribution in [0.5, 0.6) is 0 Å². The average molecular weight is 616 g/mol. The topological polar surface area (TPSA) is 193 Å². The van der Waals surface area contributed by atoms with E-state index in [9.17, 15) is 22.8 Å². The minimum absolute atomic E-state index is 0.000526. The molecule has 1 aromatic heterocycles. The maximum absolute atomic E-state index is 13.8. The number of tetrazole rings is 1. The van der Waals surface area contributed by atoms with E-state index in [1.807, 2.05) is 0 Å². The number of nitrogen functional groups attached to an aromatic ring is 1. The number of benzene rings is 1. The molecule has 0 aliphatic carbocycles. The number of carbonyl (C=O) groups excluding carboxylic acids is 3. The summed E-state index contributed by atoms with van der Waals surface area (Å²) >= 11 is 12.0. The van der Waals surface area contributed by atoms with Crippen molar-refractivity contribution in [1.29, 1.82) is 0 Å². The van der Waals surface area contributed by atoms with Crippen molar-refractivity contribution in [3.05, 3.63) is 45.0 Å². The number of likely N-dealkylation sites (tertiary alicyclic amines) is 1. The van der Waals surface area contributed by atoms with E-state index in [1.54, 1.807) is 20.8 Å². The van der Waals surface area contributed by atoms with E-state index in [2.05, 4.69) is 31.3 Å². The Bertz CT molecular complexity index is 1390. The number of H-pyrrole nitrogens is 1. The lowest BCUT2D eigenvalue weighted by molar-refractivity contribution is -0.142. The quantitative estimate of drug-likeness (QED) is 0.302. The first-order valence-electron chi connectivity index (χ1n) is 12.3. The lowest BCUT2D eigenvalue weighted by Gasteiger charge is -2.35. The zero-order chi connectivity index (χ0) is 29.8. The summed E-state index contributed by atoms with van der Waals surface area (Å²) in [6.45, 7) is 5.70. The van der Waals surface area contributed by atoms with Crippen LogP contribution in [-0.4, -0.2) is 82.6 Å². The number of carbonyl (C=O) groups is 3. The number of sulfone groups is 1. The minimum atomic E-state index is -3.73. The van der Waals surface area contributed by atoms with E-state index in [0.29, 0.717) is 25.1 Å². The second kappa shape index (κ2) is 12.5. The number of nitrogens with zero attached hydrogens (tertiary/aromatic N) is 4. The molecule has 218 valence electrons. The van der Waals surface area contributed by atoms with Gasteiger partial charge in [-0.05, 0) is 42.5 Å². The van der Waals surface area contributed by atoms with Crippen molar-refractivity contribution in [2.24, 2.45) is 5.41 Å². The van der Waals surface area contributed by atoms with E-state index in [0.717, 1.165) is 6.26 Å². The zero-order valence-electron chi connectivity index (χ0n) is 22.4. The molecule has 1 fully saturated rings. The van der Waals surface area contributed by atoms with E-state index >= 15 is 0 Å². The van der Waals surface area contributed by atoms with Crippen molar-refractivity contribution >= 4 is 56.4 Å². The van der Waals surface area contributed by atoms with Gasteiger partial charge in [0.15, 0.2) is 15.7 Å². The van der Waals surface area contributed by atoms with Gasteiger partial charge in [-0.1, -0.05) is 49.2 Å². The zero-order valence-corrected chi connectivity index (χ0v) is 24.8. The van der Waals surface area contributed by atoms with Crippen LogP contribution in [0.25, 0.3) is 0 Å². The standard InChI is InChI=1S/C24H32Cl2N8O5S/c1-24(2,3)20(29-21(35)13-7-8-16(27)15(25)10-13)23(37)34-9-5-6-17(34)22(36)28-14(11-18(26)40(4,38)39)12-19-30-32-33-31-19/h7-8,10-11,14,17,20H,5-6,9,12,27H2,1-4H3,(H,28,36)(H,29,35)(H,30,31,32,33)/b18-11+/t14-,17-,20-/m1/s1. The van der Waals surface area contributed by atoms with Gasteiger partial charge in [0, 0.05) is 24.8 Å². The van der Waals surface area contributed by atoms with E-state index in [1.165, 1.54) is 29.2 Å². The third kappa shape index (κ3) is 7.92. The number of hydrogen-bond donors (Lipinski definition) is 4. The Morgan fingerprint density at radius 3 is 2.55 bits per heavy atom. The van der Waals surface area contributed by atoms with Crippen LogP contribution in [0.1, 0.15) is 49.8 Å². The number of aromatic amines is 1. The average Bonchev–Trinajstić information content (AvgIpc) is 3.54. The molecule has 1 aromatic carbocycles. The minimum Gasteiger partial charge on any atom is -0.398 e. The van der Waals surface area contributed by atoms with Crippen LogP contribution in [0, 0.1) is 5.41 Å². The Morgan fingerprint density at radius 2 is 1.98 bits per heavy atom. The SMILES string of the molecule is CC(C)(C)[C@H](NC(=O)c1ccc(N)c(Cl)c1)C(=O)N1CCC[C@@H]1C(=O)N[C@H](/C=C(\Cl)S(C)(=O)=O)Cc1nn[nH]n1. The monoisotopic (exact) mass is 614 g/mol. The number of aromatic nitrogens is 4. The Balaban J connectivity index is 1.81. The number of nitrogens with two attached hydrogens (primary N) is 1. The molecule has 0 bridgehead atoms. The summed E-state index contributed by atoms with van der Waals surface area (Å²) in [4.78, 5) is 41.7. The summed E-state index contributed by atoms with van der Waals surface area (Å²) in [5, 5.41) is 19.2. The third-order valence-electron chi connectivity index (χ3n) is 6.30. The Labute approximate surface area is 242 Å². The van der Waals surface area contributed by atoms with Crippen molar-refractivity contribution in [3.63, 3.8) is 0 Å². The van der Waals surface area contributed by atoms with Gasteiger partial charge in [-0.3, -0.25) is 14.4 Å². The fourth-order valence-electron chi connectivity index (χ4n) is 4.18. The maximum atomic E-state index is 13.8. The van der Waals surface area contributed by atoms with Gasteiger partial charge in [0.1, 0.15) is 16.4 Å². The first-order chi connectivity index (χ1) is 18.6. The van der Waals surface area contributed by atoms with E-state index in [-0.39, 0.29) is 22.8 Å². The summed E-state index contributed by atoms with van der Waals surface area (Å²) in [6, 6.07) is 1.69. The molecule has 13 nitrogen and oxygen atoms in total. The number of hydrogen-bond acceptors (Lipinski definition) is 9. The van der Waals surface area contributed by atoms with Gasteiger partial charge < -0.3 is 21.3 Å². The smallest absolute Gasteiger partial charge is 0.252 e. The highest BCUT2D eigenvalue weighted by molar-refractivity contribution is 7.96. The van der Waals surface area contributed by atoms with Crippen molar-refractivity contribution in [2.75, 3.05) is 18.5 Å². The fourth-order valence-corrected chi connectivity index (χ4v) is 4.92. The molecule has 3 rings (SSSR count). The normalized spacial score (nSPS) is 17.8. The third-order valence-corrected chi connectivity index (χ3v) is 8.43. The number of rotatable bonds is 9. The molecule has 0 spiro atoms. The lowest BCUT2D eigenvalue weighted by atomic mass is 9.85. The van der Waals surface area contributed by atoms with Crippen molar-refractivity contribution < 1.29 is 22.8 Å². The second-order valence-corrected chi connectivity index (χ2v) is 13.6. The van der Waals surface area contributed by atoms with Crippen molar-refractivity contribution in [1.82, 2.24) is 36.2 Å². The van der Waals surface area contributed by atoms with Gasteiger partial charge in [-0.25, -0.2) is 8.42 Å². The van der Waals surface area contributed by atoms with E-state index < -0.39 is 55.5 Å². The molecule has 2 heterocycles. The molecular formula is C24H32Cl2N8O5S. The highest BCUT2D eigenvalue weighted by Crippen LogP contribution is 2.27. The largest absolute Gasteiger partial charge is 0.398 e. The summed E-state index contributed by atoms with van der Waals surface area (Å²) in [5.74, 6) is -1.24. The first-order valence-corrected chi connectivity index (χ1v) is 15.0. The summed E-state index contributed by atoms with van der Waals surface area (Å²) < 4.78 is 23.3. The molecule has 1 aliphatic rings. The van der Waals surface area contributed by atoms with Crippen LogP contribution in [0.3, 0.4) is 0 Å².